The highest BCUT2D eigenvalue weighted by Gasteiger charge is 2.14. The normalized spacial score (nSPS) is 11.5. The molecule has 1 aromatic carbocycles. The fraction of sp³-hybridized carbons (Fsp3) is 0.188. The maximum absolute atomic E-state index is 11.8. The Morgan fingerprint density at radius 2 is 2.24 bits per heavy atom. The average Bonchev–Trinajstić information content (AvgIpc) is 3.04. The number of esters is 1. The fourth-order valence-corrected chi connectivity index (χ4v) is 2.04. The van der Waals surface area contributed by atoms with Gasteiger partial charge in [0, 0.05) is 18.0 Å². The molecule has 0 aliphatic rings. The Morgan fingerprint density at radius 3 is 2.86 bits per heavy atom. The lowest BCUT2D eigenvalue weighted by Crippen LogP contribution is -2.09. The first-order valence-electron chi connectivity index (χ1n) is 6.41. The maximum Gasteiger partial charge on any atom is 0.333 e. The number of ether oxygens (including phenoxy) is 1. The summed E-state index contributed by atoms with van der Waals surface area (Å²) in [6.07, 6.45) is 3.50. The predicted molar refractivity (Wildman–Crippen MR) is 78.0 cm³/mol. The molecule has 1 aromatic heterocycles. The lowest BCUT2D eigenvalue weighted by atomic mass is 9.99. The summed E-state index contributed by atoms with van der Waals surface area (Å²) in [6.45, 7) is 2.15. The van der Waals surface area contributed by atoms with E-state index in [1.54, 1.807) is 36.0 Å². The van der Waals surface area contributed by atoms with Gasteiger partial charge < -0.3 is 4.74 Å². The Kier molecular flexibility index (Phi) is 4.52. The molecule has 106 valence electrons. The summed E-state index contributed by atoms with van der Waals surface area (Å²) in [5.74, 6) is -0.389. The minimum absolute atomic E-state index is 0.389. The second kappa shape index (κ2) is 6.53. The summed E-state index contributed by atoms with van der Waals surface area (Å²) in [7, 11) is 1.35. The number of aromatic nitrogens is 2. The van der Waals surface area contributed by atoms with Crippen LogP contribution in [-0.2, 0) is 16.1 Å². The van der Waals surface area contributed by atoms with E-state index in [0.29, 0.717) is 17.7 Å². The second-order valence-corrected chi connectivity index (χ2v) is 4.49. The molecule has 0 bridgehead atoms. The summed E-state index contributed by atoms with van der Waals surface area (Å²) in [4.78, 5) is 11.8. The van der Waals surface area contributed by atoms with Crippen molar-refractivity contribution < 1.29 is 9.53 Å². The van der Waals surface area contributed by atoms with Crippen LogP contribution in [0.3, 0.4) is 0 Å². The lowest BCUT2D eigenvalue weighted by Gasteiger charge is -2.12. The number of nitrogens with zero attached hydrogens (tertiary/aromatic N) is 3. The van der Waals surface area contributed by atoms with Gasteiger partial charge in [0.2, 0.25) is 0 Å². The van der Waals surface area contributed by atoms with Crippen molar-refractivity contribution in [3.63, 3.8) is 0 Å². The first kappa shape index (κ1) is 14.5. The van der Waals surface area contributed by atoms with E-state index in [1.807, 2.05) is 18.3 Å². The van der Waals surface area contributed by atoms with Crippen molar-refractivity contribution in [2.24, 2.45) is 0 Å². The first-order chi connectivity index (χ1) is 10.2. The van der Waals surface area contributed by atoms with Gasteiger partial charge in [0.1, 0.15) is 0 Å². The van der Waals surface area contributed by atoms with Gasteiger partial charge in [-0.15, -0.1) is 0 Å². The van der Waals surface area contributed by atoms with E-state index in [9.17, 15) is 4.79 Å². The summed E-state index contributed by atoms with van der Waals surface area (Å²) in [6, 6.07) is 11.1. The number of carbonyl (C=O) groups is 1. The maximum atomic E-state index is 11.8. The Hall–Kier alpha value is -2.87. The largest absolute Gasteiger partial charge is 0.466 e. The van der Waals surface area contributed by atoms with E-state index in [0.717, 1.165) is 11.1 Å². The Bertz CT molecular complexity index is 709. The minimum Gasteiger partial charge on any atom is -0.466 e. The fourth-order valence-electron chi connectivity index (χ4n) is 2.04. The van der Waals surface area contributed by atoms with Gasteiger partial charge in [-0.2, -0.15) is 10.4 Å². The number of allylic oxidation sites excluding steroid dienone is 1. The molecule has 5 nitrogen and oxygen atoms in total. The molecular weight excluding hydrogens is 266 g/mol. The lowest BCUT2D eigenvalue weighted by molar-refractivity contribution is -0.135. The molecule has 0 unspecified atom stereocenters. The van der Waals surface area contributed by atoms with Gasteiger partial charge in [-0.3, -0.25) is 4.68 Å². The van der Waals surface area contributed by atoms with Crippen LogP contribution in [0.15, 0.2) is 48.3 Å². The molecular formula is C16H15N3O2. The van der Waals surface area contributed by atoms with E-state index < -0.39 is 0 Å². The summed E-state index contributed by atoms with van der Waals surface area (Å²) in [5.41, 5.74) is 2.64. The number of carbonyl (C=O) groups excluding carboxylic acids is 1. The number of rotatable bonds is 4. The van der Waals surface area contributed by atoms with Crippen LogP contribution in [0.1, 0.15) is 18.1 Å². The van der Waals surface area contributed by atoms with E-state index in [2.05, 4.69) is 11.2 Å². The molecule has 0 saturated heterocycles. The van der Waals surface area contributed by atoms with Crippen LogP contribution in [0.5, 0.6) is 0 Å². The topological polar surface area (TPSA) is 67.9 Å². The van der Waals surface area contributed by atoms with Crippen molar-refractivity contribution in [3.8, 4) is 6.07 Å². The van der Waals surface area contributed by atoms with Gasteiger partial charge in [-0.1, -0.05) is 12.1 Å². The van der Waals surface area contributed by atoms with Crippen molar-refractivity contribution in [2.45, 2.75) is 13.5 Å². The Labute approximate surface area is 123 Å². The molecule has 2 aromatic rings. The van der Waals surface area contributed by atoms with E-state index >= 15 is 0 Å². The smallest absolute Gasteiger partial charge is 0.333 e. The first-order valence-corrected chi connectivity index (χ1v) is 6.41. The molecule has 21 heavy (non-hydrogen) atoms. The SMILES string of the molecule is COC(=O)/C(C)=C(/Cn1cccn1)c1cccc(C#N)c1. The molecule has 5 heteroatoms. The van der Waals surface area contributed by atoms with Crippen LogP contribution in [0, 0.1) is 11.3 Å². The van der Waals surface area contributed by atoms with Gasteiger partial charge in [0.05, 0.1) is 25.3 Å². The average molecular weight is 281 g/mol. The zero-order valence-corrected chi connectivity index (χ0v) is 11.9. The second-order valence-electron chi connectivity index (χ2n) is 4.49. The highest BCUT2D eigenvalue weighted by Crippen LogP contribution is 2.22. The van der Waals surface area contributed by atoms with Crippen LogP contribution in [0.25, 0.3) is 5.57 Å². The molecule has 0 amide bonds. The van der Waals surface area contributed by atoms with Crippen molar-refractivity contribution >= 4 is 11.5 Å². The number of nitriles is 1. The van der Waals surface area contributed by atoms with Crippen molar-refractivity contribution in [3.05, 3.63) is 59.4 Å². The van der Waals surface area contributed by atoms with E-state index in [-0.39, 0.29) is 5.97 Å². The van der Waals surface area contributed by atoms with Crippen LogP contribution in [0.2, 0.25) is 0 Å². The third kappa shape index (κ3) is 3.37. The molecule has 0 saturated carbocycles. The summed E-state index contributed by atoms with van der Waals surface area (Å²) < 4.78 is 6.52. The van der Waals surface area contributed by atoms with Crippen molar-refractivity contribution in [1.29, 1.82) is 5.26 Å². The number of hydrogen-bond donors (Lipinski definition) is 0. The van der Waals surface area contributed by atoms with Crippen LogP contribution in [-0.4, -0.2) is 22.9 Å². The van der Waals surface area contributed by atoms with Gasteiger partial charge in [-0.05, 0) is 36.3 Å². The molecule has 0 radical (unpaired) electrons. The summed E-state index contributed by atoms with van der Waals surface area (Å²) >= 11 is 0. The van der Waals surface area contributed by atoms with Gasteiger partial charge in [0.15, 0.2) is 0 Å². The quantitative estimate of drug-likeness (QED) is 0.637. The Balaban J connectivity index is 2.49. The molecule has 0 atom stereocenters. The van der Waals surface area contributed by atoms with Gasteiger partial charge in [-0.25, -0.2) is 4.79 Å². The number of hydrogen-bond acceptors (Lipinski definition) is 4. The number of methoxy groups -OCH3 is 1. The molecule has 1 heterocycles. The standard InChI is InChI=1S/C16H15N3O2/c1-12(16(20)21-2)15(11-19-8-4-7-18-19)14-6-3-5-13(9-14)10-17/h3-9H,11H2,1-2H3/b15-12-. The highest BCUT2D eigenvalue weighted by atomic mass is 16.5. The summed E-state index contributed by atoms with van der Waals surface area (Å²) in [5, 5.41) is 13.2. The molecule has 0 spiro atoms. The molecule has 0 aliphatic heterocycles. The van der Waals surface area contributed by atoms with Crippen LogP contribution >= 0.6 is 0 Å². The van der Waals surface area contributed by atoms with Crippen LogP contribution < -0.4 is 0 Å². The highest BCUT2D eigenvalue weighted by molar-refractivity contribution is 5.97. The minimum atomic E-state index is -0.389. The third-order valence-electron chi connectivity index (χ3n) is 3.16. The monoisotopic (exact) mass is 281 g/mol. The van der Waals surface area contributed by atoms with Crippen molar-refractivity contribution in [2.75, 3.05) is 7.11 Å². The van der Waals surface area contributed by atoms with E-state index in [1.165, 1.54) is 7.11 Å². The predicted octanol–water partition coefficient (Wildman–Crippen LogP) is 2.40. The van der Waals surface area contributed by atoms with Crippen molar-refractivity contribution in [1.82, 2.24) is 9.78 Å². The third-order valence-corrected chi connectivity index (χ3v) is 3.16. The molecule has 2 rings (SSSR count). The molecule has 0 aliphatic carbocycles. The van der Waals surface area contributed by atoms with Crippen LogP contribution in [0.4, 0.5) is 0 Å². The van der Waals surface area contributed by atoms with E-state index in [4.69, 9.17) is 10.00 Å². The van der Waals surface area contributed by atoms with Gasteiger partial charge >= 0.3 is 5.97 Å². The molecule has 0 N–H and O–H groups in total. The molecule has 0 fully saturated rings. The Morgan fingerprint density at radius 1 is 1.43 bits per heavy atom. The zero-order chi connectivity index (χ0) is 15.2. The van der Waals surface area contributed by atoms with Gasteiger partial charge in [0.25, 0.3) is 0 Å². The number of benzene rings is 1. The zero-order valence-electron chi connectivity index (χ0n) is 11.9.